The molecule has 0 aromatic heterocycles. The summed E-state index contributed by atoms with van der Waals surface area (Å²) in [6.45, 7) is 11.1. The fraction of sp³-hybridized carbons (Fsp3) is 0.741. The van der Waals surface area contributed by atoms with Crippen molar-refractivity contribution < 1.29 is 157 Å². The Bertz CT molecular complexity index is 2660. The summed E-state index contributed by atoms with van der Waals surface area (Å²) in [5, 5.41) is 5.05. The van der Waals surface area contributed by atoms with Crippen LogP contribution < -0.4 is 10.6 Å². The van der Waals surface area contributed by atoms with E-state index in [4.69, 9.17) is 102 Å². The molecule has 0 aromatic rings. The van der Waals surface area contributed by atoms with E-state index in [1.807, 2.05) is 0 Å². The van der Waals surface area contributed by atoms with E-state index in [1.54, 1.807) is 0 Å². The third-order valence-corrected chi connectivity index (χ3v) is 13.5. The molecule has 0 spiro atoms. The second-order valence-electron chi connectivity index (χ2n) is 20.7. The fourth-order valence-corrected chi connectivity index (χ4v) is 10.5. The van der Waals surface area contributed by atoms with Crippen LogP contribution in [0.4, 0.5) is 0 Å². The van der Waals surface area contributed by atoms with Crippen LogP contribution in [-0.2, 0) is 157 Å². The summed E-state index contributed by atoms with van der Waals surface area (Å²) >= 11 is 6.88. The first-order valence-electron chi connectivity index (χ1n) is 27.6. The number of rotatable bonds is 25. The van der Waals surface area contributed by atoms with Crippen molar-refractivity contribution >= 4 is 95.0 Å². The Labute approximate surface area is 519 Å². The van der Waals surface area contributed by atoms with Gasteiger partial charge in [-0.3, -0.25) is 62.3 Å². The minimum absolute atomic E-state index is 0.806. The molecule has 0 saturated carbocycles. The Morgan fingerprint density at radius 3 is 1.40 bits per heavy atom. The number of halogens is 1. The molecule has 21 atom stereocenters. The molecule has 506 valence electrons. The molecule has 4 aliphatic rings. The molecule has 35 nitrogen and oxygen atoms in total. The largest absolute Gasteiger partial charge is 0.465 e. The highest BCUT2D eigenvalue weighted by atomic mass is 35.5. The molecule has 4 saturated heterocycles. The molecule has 36 heteroatoms. The van der Waals surface area contributed by atoms with E-state index < -0.39 is 237 Å². The molecule has 4 rings (SSSR count). The van der Waals surface area contributed by atoms with Crippen LogP contribution in [0.15, 0.2) is 0 Å². The van der Waals surface area contributed by atoms with Crippen LogP contribution in [0.1, 0.15) is 103 Å². The first-order valence-corrected chi connectivity index (χ1v) is 28.1. The number of amides is 2. The van der Waals surface area contributed by atoms with E-state index >= 15 is 0 Å². The molecule has 4 heterocycles. The fourth-order valence-electron chi connectivity index (χ4n) is 10.2. The van der Waals surface area contributed by atoms with Crippen molar-refractivity contribution in [3.8, 4) is 0 Å². The maximum atomic E-state index is 14.9. The van der Waals surface area contributed by atoms with E-state index in [9.17, 15) is 67.1 Å². The normalized spacial score (nSPS) is 32.0. The van der Waals surface area contributed by atoms with Gasteiger partial charge in [-0.15, -0.1) is 0 Å². The Balaban J connectivity index is 2.15. The molecule has 2 amide bonds. The van der Waals surface area contributed by atoms with Gasteiger partial charge < -0.3 is 101 Å². The van der Waals surface area contributed by atoms with E-state index in [2.05, 4.69) is 10.6 Å². The van der Waals surface area contributed by atoms with Gasteiger partial charge in [0.2, 0.25) is 11.8 Å². The molecule has 0 radical (unpaired) electrons. The second kappa shape index (κ2) is 33.6. The van der Waals surface area contributed by atoms with Gasteiger partial charge in [0.1, 0.15) is 62.5 Å². The number of alkyl halides is 1. The van der Waals surface area contributed by atoms with Gasteiger partial charge in [-0.05, 0) is 6.92 Å². The van der Waals surface area contributed by atoms with Gasteiger partial charge in [-0.2, -0.15) is 0 Å². The lowest BCUT2D eigenvalue weighted by Crippen LogP contribution is -2.72. The van der Waals surface area contributed by atoms with Crippen molar-refractivity contribution in [1.82, 2.24) is 10.6 Å². The predicted molar refractivity (Wildman–Crippen MR) is 286 cm³/mol. The first-order chi connectivity index (χ1) is 42.0. The lowest BCUT2D eigenvalue weighted by molar-refractivity contribution is -0.385. The molecule has 2 N–H and O–H groups in total. The van der Waals surface area contributed by atoms with Gasteiger partial charge in [-0.25, -0.2) is 4.79 Å². The van der Waals surface area contributed by atoms with Gasteiger partial charge in [0, 0.05) is 90.0 Å². The molecule has 90 heavy (non-hydrogen) atoms. The zero-order valence-corrected chi connectivity index (χ0v) is 52.5. The van der Waals surface area contributed by atoms with E-state index in [-0.39, 0.29) is 0 Å². The maximum Gasteiger partial charge on any atom is 0.366 e. The lowest BCUT2D eigenvalue weighted by atomic mass is 9.87. The van der Waals surface area contributed by atoms with Crippen LogP contribution in [0.25, 0.3) is 0 Å². The number of carbonyl (C=O) groups excluding carboxylic acids is 14. The van der Waals surface area contributed by atoms with Crippen LogP contribution in [0, 0.1) is 0 Å². The third kappa shape index (κ3) is 21.4. The Hall–Kier alpha value is -7.41. The highest BCUT2D eigenvalue weighted by molar-refractivity contribution is 6.20. The standard InChI is InChI=1S/C54H75ClN2O33/c1-20-40(79-28(9)65)46(82-31(12)68)48(83-32(13)69)51(76-20)88-44-39(57-22(3)59)50(55)85-36(18-74-24(5)61)41(44)87-52-49(84-33(14)70)47(43(81-30(11)67)37(86-52)19-75-25(6)62)90-54(53(71)72-15)16-34(77-26(7)63)38(56-21(2)58)45(89-54)42(80-29(10)66)35(78-27(8)64)17-73-23(4)60/h20,34-52H,16-19H2,1-15H3,(H,56,58)(H,57,59)/t20-,34-,35+,36+,37+,38+,39+,40+,41+,42+,43-,44+,45+,46+,47-,48-,49+,50?,51-,52-,54-/m0/s1. The van der Waals surface area contributed by atoms with Gasteiger partial charge in [-0.1, -0.05) is 11.6 Å². The number of methoxy groups -OCH3 is 1. The highest BCUT2D eigenvalue weighted by Gasteiger charge is 2.65. The van der Waals surface area contributed by atoms with Crippen LogP contribution in [0.3, 0.4) is 0 Å². The van der Waals surface area contributed by atoms with Crippen molar-refractivity contribution in [2.24, 2.45) is 0 Å². The van der Waals surface area contributed by atoms with Crippen LogP contribution in [0.5, 0.6) is 0 Å². The second-order valence-corrected chi connectivity index (χ2v) is 21.1. The Kier molecular flexibility index (Phi) is 28.0. The number of esters is 12. The Morgan fingerprint density at radius 1 is 0.478 bits per heavy atom. The van der Waals surface area contributed by atoms with Crippen molar-refractivity contribution in [2.75, 3.05) is 26.9 Å². The molecular weight excluding hydrogens is 1240 g/mol. The average Bonchev–Trinajstić information content (AvgIpc) is 0.768. The molecule has 4 fully saturated rings. The minimum Gasteiger partial charge on any atom is -0.465 e. The smallest absolute Gasteiger partial charge is 0.366 e. The third-order valence-electron chi connectivity index (χ3n) is 13.1. The van der Waals surface area contributed by atoms with Crippen molar-refractivity contribution in [1.29, 1.82) is 0 Å². The van der Waals surface area contributed by atoms with E-state index in [1.165, 1.54) is 6.92 Å². The predicted octanol–water partition coefficient (Wildman–Crippen LogP) is -1.61. The topological polar surface area (TPSA) is 438 Å². The molecule has 0 aliphatic carbocycles. The molecule has 1 unspecified atom stereocenters. The lowest BCUT2D eigenvalue weighted by Gasteiger charge is -2.53. The summed E-state index contributed by atoms with van der Waals surface area (Å²) < 4.78 is 112. The number of carbonyl (C=O) groups is 14. The van der Waals surface area contributed by atoms with Crippen LogP contribution >= 0.6 is 11.6 Å². The highest BCUT2D eigenvalue weighted by Crippen LogP contribution is 2.43. The summed E-state index contributed by atoms with van der Waals surface area (Å²) in [6.07, 6.45) is -34.1. The van der Waals surface area contributed by atoms with Gasteiger partial charge in [0.25, 0.3) is 5.79 Å². The van der Waals surface area contributed by atoms with E-state index in [0.717, 1.165) is 97.1 Å². The zero-order chi connectivity index (χ0) is 67.8. The Morgan fingerprint density at radius 2 is 0.922 bits per heavy atom. The molecule has 0 bridgehead atoms. The monoisotopic (exact) mass is 1310 g/mol. The SMILES string of the molecule is COC(=O)[C@@]1(O[C@H]2[C@@H](OC(C)=O)[C@@H](COC(C)=O)O[C@@H](O[C@H]3[C@H](O[C@@H]4O[C@@H](C)[C@@H](OC(C)=O)[C@@H](OC(C)=O)[C@@H]4OC(C)=O)[C@@H](NC(C)=O)C(Cl)O[C@@H]3COC(C)=O)[C@@H]2OC(C)=O)C[C@H](OC(C)=O)[C@@H](NC(C)=O)[C@H]([C@H](OC(C)=O)[C@@H](COC(C)=O)OC(C)=O)O1. The summed E-state index contributed by atoms with van der Waals surface area (Å²) in [4.78, 5) is 183. The van der Waals surface area contributed by atoms with Gasteiger partial charge in [0.15, 0.2) is 60.9 Å². The molecule has 0 aromatic carbocycles. The minimum atomic E-state index is -3.23. The average molecular weight is 1320 g/mol. The van der Waals surface area contributed by atoms with Crippen LogP contribution in [0.2, 0.25) is 0 Å². The summed E-state index contributed by atoms with van der Waals surface area (Å²) in [5.74, 6) is -18.0. The molecule has 4 aliphatic heterocycles. The van der Waals surface area contributed by atoms with Gasteiger partial charge in [0.05, 0.1) is 31.7 Å². The van der Waals surface area contributed by atoms with E-state index in [0.29, 0.717) is 0 Å². The number of nitrogens with one attached hydrogen (secondary N) is 2. The van der Waals surface area contributed by atoms with Crippen molar-refractivity contribution in [3.63, 3.8) is 0 Å². The number of hydrogen-bond donors (Lipinski definition) is 2. The van der Waals surface area contributed by atoms with Crippen molar-refractivity contribution in [2.45, 2.75) is 231 Å². The number of ether oxygens (including phenoxy) is 19. The zero-order valence-electron chi connectivity index (χ0n) is 51.7. The molecular formula is C54H75ClN2O33. The van der Waals surface area contributed by atoms with Crippen molar-refractivity contribution in [3.05, 3.63) is 0 Å². The summed E-state index contributed by atoms with van der Waals surface area (Å²) in [7, 11) is 0.806. The van der Waals surface area contributed by atoms with Crippen LogP contribution in [-0.4, -0.2) is 238 Å². The summed E-state index contributed by atoms with van der Waals surface area (Å²) in [5.41, 5.74) is -1.71. The summed E-state index contributed by atoms with van der Waals surface area (Å²) in [6, 6.07) is -3.44. The number of hydrogen-bond acceptors (Lipinski definition) is 33. The maximum absolute atomic E-state index is 14.9. The van der Waals surface area contributed by atoms with Gasteiger partial charge >= 0.3 is 71.6 Å². The first kappa shape index (κ1) is 75.1. The quantitative estimate of drug-likeness (QED) is 0.0589.